The molecule has 3 saturated heterocycles. The van der Waals surface area contributed by atoms with Crippen LogP contribution in [0.4, 0.5) is 4.79 Å². The SMILES string of the molecule is CN1NC2C=C(N3CC4CC4C4C=C(C(=O)N5CCC6(CC5)CC6)C=NC43)C=CN2C1=O. The molecule has 32 heavy (non-hydrogen) atoms. The van der Waals surface area contributed by atoms with Gasteiger partial charge >= 0.3 is 6.03 Å². The standard InChI is InChI=1S/C24H30N6O2/c1-27-23(32)29-7-2-17(12-20(29)26-27)30-14-16-11-18(16)19-10-15(13-25-21(19)30)22(31)28-8-5-24(3-4-24)6-9-28/h2,7,10,12-13,16,18-21,26H,3-6,8-9,11,14H2,1H3. The highest BCUT2D eigenvalue weighted by molar-refractivity contribution is 6.12. The molecule has 1 N–H and O–H groups in total. The second kappa shape index (κ2) is 6.47. The first-order valence-corrected chi connectivity index (χ1v) is 12.0. The summed E-state index contributed by atoms with van der Waals surface area (Å²) in [6.45, 7) is 2.78. The van der Waals surface area contributed by atoms with Crippen molar-refractivity contribution in [1.82, 2.24) is 25.1 Å². The number of hydrazine groups is 1. The van der Waals surface area contributed by atoms with Crippen LogP contribution in [0.2, 0.25) is 0 Å². The van der Waals surface area contributed by atoms with Gasteiger partial charge in [-0.1, -0.05) is 6.08 Å². The van der Waals surface area contributed by atoms with Gasteiger partial charge in [0.1, 0.15) is 12.3 Å². The van der Waals surface area contributed by atoms with E-state index >= 15 is 0 Å². The number of allylic oxidation sites excluding steroid dienone is 1. The third-order valence-electron chi connectivity index (χ3n) is 8.82. The van der Waals surface area contributed by atoms with Gasteiger partial charge in [0, 0.05) is 50.7 Å². The Balaban J connectivity index is 1.10. The lowest BCUT2D eigenvalue weighted by atomic mass is 9.88. The van der Waals surface area contributed by atoms with Crippen LogP contribution in [-0.4, -0.2) is 76.9 Å². The van der Waals surface area contributed by atoms with Crippen molar-refractivity contribution in [3.63, 3.8) is 0 Å². The predicted molar refractivity (Wildman–Crippen MR) is 119 cm³/mol. The van der Waals surface area contributed by atoms with Crippen molar-refractivity contribution in [2.45, 2.75) is 44.4 Å². The van der Waals surface area contributed by atoms with E-state index in [1.165, 1.54) is 24.3 Å². The number of dihydropyridines is 1. The normalized spacial score (nSPS) is 38.3. The Labute approximate surface area is 188 Å². The Bertz CT molecular complexity index is 1000. The number of urea groups is 1. The number of likely N-dealkylation sites (tertiary alicyclic amines) is 2. The molecule has 2 aliphatic carbocycles. The average molecular weight is 435 g/mol. The molecule has 5 aliphatic heterocycles. The van der Waals surface area contributed by atoms with Gasteiger partial charge in [-0.05, 0) is 61.5 Å². The molecule has 0 aromatic carbocycles. The summed E-state index contributed by atoms with van der Waals surface area (Å²) in [5, 5.41) is 1.52. The van der Waals surface area contributed by atoms with Crippen LogP contribution in [0.25, 0.3) is 0 Å². The molecule has 5 atom stereocenters. The predicted octanol–water partition coefficient (Wildman–Crippen LogP) is 1.90. The molecule has 0 aromatic heterocycles. The molecular weight excluding hydrogens is 404 g/mol. The fourth-order valence-electron chi connectivity index (χ4n) is 6.41. The monoisotopic (exact) mass is 434 g/mol. The number of fused-ring (bicyclic) bond motifs is 4. The van der Waals surface area contributed by atoms with E-state index in [4.69, 9.17) is 4.99 Å². The minimum absolute atomic E-state index is 0.0312. The molecule has 7 aliphatic rings. The summed E-state index contributed by atoms with van der Waals surface area (Å²) in [7, 11) is 1.75. The first-order valence-electron chi connectivity index (χ1n) is 12.0. The van der Waals surface area contributed by atoms with E-state index in [0.717, 1.165) is 43.7 Å². The second-order valence-electron chi connectivity index (χ2n) is 10.7. The van der Waals surface area contributed by atoms with Gasteiger partial charge < -0.3 is 9.80 Å². The Morgan fingerprint density at radius 3 is 2.78 bits per heavy atom. The van der Waals surface area contributed by atoms with E-state index in [1.54, 1.807) is 11.9 Å². The lowest BCUT2D eigenvalue weighted by Gasteiger charge is -2.42. The quantitative estimate of drug-likeness (QED) is 0.721. The van der Waals surface area contributed by atoms with E-state index in [-0.39, 0.29) is 30.2 Å². The molecular formula is C24H30N6O2. The van der Waals surface area contributed by atoms with E-state index in [9.17, 15) is 9.59 Å². The Morgan fingerprint density at radius 2 is 2.00 bits per heavy atom. The summed E-state index contributed by atoms with van der Waals surface area (Å²) in [6.07, 6.45) is 16.2. The van der Waals surface area contributed by atoms with Gasteiger partial charge in [0.2, 0.25) is 0 Å². The molecule has 0 bridgehead atoms. The summed E-state index contributed by atoms with van der Waals surface area (Å²) >= 11 is 0. The fraction of sp³-hybridized carbons (Fsp3) is 0.625. The molecule has 8 heteroatoms. The van der Waals surface area contributed by atoms with Crippen molar-refractivity contribution in [3.8, 4) is 0 Å². The van der Waals surface area contributed by atoms with Crippen molar-refractivity contribution in [2.24, 2.45) is 28.2 Å². The lowest BCUT2D eigenvalue weighted by Crippen LogP contribution is -2.48. The van der Waals surface area contributed by atoms with Crippen LogP contribution in [0.5, 0.6) is 0 Å². The molecule has 7 rings (SSSR count). The van der Waals surface area contributed by atoms with Gasteiger partial charge in [0.25, 0.3) is 5.91 Å². The van der Waals surface area contributed by atoms with Crippen molar-refractivity contribution in [3.05, 3.63) is 35.7 Å². The molecule has 1 spiro atoms. The Hall–Kier alpha value is -2.61. The van der Waals surface area contributed by atoms with Crippen molar-refractivity contribution in [2.75, 3.05) is 26.7 Å². The van der Waals surface area contributed by atoms with Crippen molar-refractivity contribution >= 4 is 18.2 Å². The van der Waals surface area contributed by atoms with E-state index in [0.29, 0.717) is 17.3 Å². The number of carbonyl (C=O) groups is 2. The van der Waals surface area contributed by atoms with Crippen LogP contribution in [0.1, 0.15) is 32.1 Å². The van der Waals surface area contributed by atoms with Crippen molar-refractivity contribution < 1.29 is 9.59 Å². The average Bonchev–Trinajstić information content (AvgIpc) is 3.73. The first-order chi connectivity index (χ1) is 15.5. The molecule has 0 radical (unpaired) electrons. The highest BCUT2D eigenvalue weighted by Gasteiger charge is 2.53. The summed E-state index contributed by atoms with van der Waals surface area (Å²) < 4.78 is 0. The zero-order chi connectivity index (χ0) is 21.6. The number of nitrogens with zero attached hydrogens (tertiary/aromatic N) is 5. The number of aliphatic imine (C=N–C) groups is 1. The largest absolute Gasteiger partial charge is 0.349 e. The number of piperidine rings is 2. The van der Waals surface area contributed by atoms with Crippen LogP contribution in [-0.2, 0) is 4.79 Å². The molecule has 168 valence electrons. The van der Waals surface area contributed by atoms with Gasteiger partial charge in [-0.3, -0.25) is 19.7 Å². The molecule has 5 unspecified atom stereocenters. The van der Waals surface area contributed by atoms with Gasteiger partial charge in [-0.2, -0.15) is 0 Å². The summed E-state index contributed by atoms with van der Waals surface area (Å²) in [5.74, 6) is 1.75. The number of hydrogen-bond acceptors (Lipinski definition) is 5. The second-order valence-corrected chi connectivity index (χ2v) is 10.7. The van der Waals surface area contributed by atoms with E-state index in [2.05, 4.69) is 22.5 Å². The minimum Gasteiger partial charge on any atom is -0.349 e. The van der Waals surface area contributed by atoms with Crippen LogP contribution < -0.4 is 5.43 Å². The third kappa shape index (κ3) is 2.81. The molecule has 8 nitrogen and oxygen atoms in total. The van der Waals surface area contributed by atoms with Gasteiger partial charge in [0.15, 0.2) is 0 Å². The number of nitrogens with one attached hydrogen (secondary N) is 1. The topological polar surface area (TPSA) is 71.5 Å². The summed E-state index contributed by atoms with van der Waals surface area (Å²) in [4.78, 5) is 36.5. The van der Waals surface area contributed by atoms with E-state index in [1.807, 2.05) is 23.4 Å². The molecule has 0 aromatic rings. The van der Waals surface area contributed by atoms with Crippen LogP contribution >= 0.6 is 0 Å². The highest BCUT2D eigenvalue weighted by atomic mass is 16.2. The molecule has 5 fully saturated rings. The fourth-order valence-corrected chi connectivity index (χ4v) is 6.41. The smallest absolute Gasteiger partial charge is 0.339 e. The maximum atomic E-state index is 13.2. The Kier molecular flexibility index (Phi) is 3.82. The number of amides is 3. The maximum Gasteiger partial charge on any atom is 0.339 e. The van der Waals surface area contributed by atoms with Gasteiger partial charge in [-0.25, -0.2) is 10.2 Å². The zero-order valence-electron chi connectivity index (χ0n) is 18.5. The minimum atomic E-state index is -0.156. The zero-order valence-corrected chi connectivity index (χ0v) is 18.5. The van der Waals surface area contributed by atoms with Crippen LogP contribution in [0.15, 0.2) is 40.7 Å². The lowest BCUT2D eigenvalue weighted by molar-refractivity contribution is -0.128. The molecule has 3 amide bonds. The van der Waals surface area contributed by atoms with Crippen LogP contribution in [0.3, 0.4) is 0 Å². The maximum absolute atomic E-state index is 13.2. The van der Waals surface area contributed by atoms with Gasteiger partial charge in [0.05, 0.1) is 5.57 Å². The summed E-state index contributed by atoms with van der Waals surface area (Å²) in [6, 6.07) is -0.0487. The Morgan fingerprint density at radius 1 is 1.19 bits per heavy atom. The number of carbonyl (C=O) groups excluding carboxylic acids is 2. The highest BCUT2D eigenvalue weighted by Crippen LogP contribution is 2.55. The molecule has 5 heterocycles. The number of rotatable bonds is 2. The molecule has 2 saturated carbocycles. The van der Waals surface area contributed by atoms with E-state index < -0.39 is 0 Å². The van der Waals surface area contributed by atoms with Gasteiger partial charge in [-0.15, -0.1) is 0 Å². The summed E-state index contributed by atoms with van der Waals surface area (Å²) in [5.41, 5.74) is 5.66. The number of hydrogen-bond donors (Lipinski definition) is 1. The van der Waals surface area contributed by atoms with Crippen molar-refractivity contribution in [1.29, 1.82) is 0 Å². The third-order valence-corrected chi connectivity index (χ3v) is 8.82. The van der Waals surface area contributed by atoms with Crippen LogP contribution in [0, 0.1) is 23.2 Å². The first kappa shape index (κ1) is 18.9.